The molecule has 1 aromatic carbocycles. The van der Waals surface area contributed by atoms with Crippen LogP contribution in [0.25, 0.3) is 11.0 Å². The van der Waals surface area contributed by atoms with E-state index in [4.69, 9.17) is 10.7 Å². The fourth-order valence-electron chi connectivity index (χ4n) is 2.98. The van der Waals surface area contributed by atoms with Crippen molar-refractivity contribution in [2.75, 3.05) is 5.73 Å². The summed E-state index contributed by atoms with van der Waals surface area (Å²) in [6.45, 7) is 0. The van der Waals surface area contributed by atoms with Gasteiger partial charge in [0.2, 0.25) is 0 Å². The monoisotopic (exact) mass is 269 g/mol. The number of aromatic nitrogens is 2. The van der Waals surface area contributed by atoms with Crippen LogP contribution in [0, 0.1) is 0 Å². The van der Waals surface area contributed by atoms with Gasteiger partial charge in [0.25, 0.3) is 0 Å². The van der Waals surface area contributed by atoms with Gasteiger partial charge in [-0.15, -0.1) is 11.3 Å². The highest BCUT2D eigenvalue weighted by molar-refractivity contribution is 7.10. The summed E-state index contributed by atoms with van der Waals surface area (Å²) in [7, 11) is 0. The lowest BCUT2D eigenvalue weighted by molar-refractivity contribution is 0.604. The maximum Gasteiger partial charge on any atom is 0.114 e. The van der Waals surface area contributed by atoms with Crippen molar-refractivity contribution in [2.24, 2.45) is 0 Å². The topological polar surface area (TPSA) is 54.7 Å². The van der Waals surface area contributed by atoms with Gasteiger partial charge in [0.1, 0.15) is 5.82 Å². The molecule has 0 spiro atoms. The molecule has 2 aromatic heterocycles. The van der Waals surface area contributed by atoms with E-state index in [1.165, 1.54) is 29.7 Å². The molecule has 3 nitrogen and oxygen atoms in total. The lowest BCUT2D eigenvalue weighted by Gasteiger charge is -2.20. The average Bonchev–Trinajstić information content (AvgIpc) is 3.03. The zero-order valence-electron chi connectivity index (χ0n) is 10.5. The number of H-pyrrole nitrogens is 1. The van der Waals surface area contributed by atoms with Crippen LogP contribution < -0.4 is 5.73 Å². The molecular weight excluding hydrogens is 254 g/mol. The van der Waals surface area contributed by atoms with Crippen LogP contribution in [-0.2, 0) is 6.42 Å². The highest BCUT2D eigenvalue weighted by Crippen LogP contribution is 2.38. The molecule has 0 aliphatic heterocycles. The number of hydrogen-bond acceptors (Lipinski definition) is 3. The number of thiophene rings is 1. The van der Waals surface area contributed by atoms with Crippen LogP contribution in [0.5, 0.6) is 0 Å². The van der Waals surface area contributed by atoms with Gasteiger partial charge in [-0.3, -0.25) is 0 Å². The van der Waals surface area contributed by atoms with E-state index in [1.54, 1.807) is 0 Å². The van der Waals surface area contributed by atoms with Crippen molar-refractivity contribution in [3.05, 3.63) is 45.9 Å². The number of nitrogens with two attached hydrogens (primary N) is 1. The number of benzene rings is 1. The van der Waals surface area contributed by atoms with E-state index in [0.717, 1.165) is 22.5 Å². The van der Waals surface area contributed by atoms with E-state index >= 15 is 0 Å². The lowest BCUT2D eigenvalue weighted by atomic mass is 9.87. The van der Waals surface area contributed by atoms with Gasteiger partial charge in [-0.05, 0) is 54.5 Å². The number of imidazole rings is 1. The minimum Gasteiger partial charge on any atom is -0.399 e. The smallest absolute Gasteiger partial charge is 0.114 e. The zero-order chi connectivity index (χ0) is 12.8. The number of aromatic amines is 1. The van der Waals surface area contributed by atoms with E-state index in [0.29, 0.717) is 5.92 Å². The van der Waals surface area contributed by atoms with E-state index in [-0.39, 0.29) is 0 Å². The fourth-order valence-corrected chi connectivity index (χ4v) is 3.97. The summed E-state index contributed by atoms with van der Waals surface area (Å²) in [6.07, 6.45) is 3.65. The molecule has 0 radical (unpaired) electrons. The van der Waals surface area contributed by atoms with Crippen molar-refractivity contribution >= 4 is 28.1 Å². The van der Waals surface area contributed by atoms with Crippen LogP contribution in [0.1, 0.15) is 35.0 Å². The summed E-state index contributed by atoms with van der Waals surface area (Å²) in [5.74, 6) is 1.50. The van der Waals surface area contributed by atoms with Crippen molar-refractivity contribution in [1.82, 2.24) is 9.97 Å². The van der Waals surface area contributed by atoms with E-state index in [2.05, 4.69) is 16.4 Å². The van der Waals surface area contributed by atoms with Crippen LogP contribution >= 0.6 is 11.3 Å². The molecule has 0 bridgehead atoms. The Hall–Kier alpha value is -1.81. The predicted molar refractivity (Wildman–Crippen MR) is 79.6 cm³/mol. The molecule has 0 saturated carbocycles. The molecule has 0 fully saturated rings. The Kier molecular flexibility index (Phi) is 2.38. The summed E-state index contributed by atoms with van der Waals surface area (Å²) in [4.78, 5) is 9.72. The fraction of sp³-hybridized carbons (Fsp3) is 0.267. The third-order valence-electron chi connectivity index (χ3n) is 3.91. The molecule has 96 valence electrons. The van der Waals surface area contributed by atoms with Gasteiger partial charge in [-0.2, -0.15) is 0 Å². The summed E-state index contributed by atoms with van der Waals surface area (Å²) in [5, 5.41) is 2.20. The first-order valence-electron chi connectivity index (χ1n) is 6.62. The highest BCUT2D eigenvalue weighted by atomic mass is 32.1. The lowest BCUT2D eigenvalue weighted by Crippen LogP contribution is -2.09. The van der Waals surface area contributed by atoms with Crippen LogP contribution in [0.15, 0.2) is 29.6 Å². The average molecular weight is 269 g/mol. The second kappa shape index (κ2) is 4.10. The van der Waals surface area contributed by atoms with Crippen LogP contribution in [0.3, 0.4) is 0 Å². The molecule has 19 heavy (non-hydrogen) atoms. The van der Waals surface area contributed by atoms with Crippen molar-refractivity contribution in [3.63, 3.8) is 0 Å². The zero-order valence-corrected chi connectivity index (χ0v) is 11.3. The Bertz CT molecular complexity index is 741. The van der Waals surface area contributed by atoms with E-state index < -0.39 is 0 Å². The van der Waals surface area contributed by atoms with Gasteiger partial charge in [-0.25, -0.2) is 4.98 Å². The van der Waals surface area contributed by atoms with Gasteiger partial charge in [0, 0.05) is 16.5 Å². The van der Waals surface area contributed by atoms with Gasteiger partial charge in [-0.1, -0.05) is 0 Å². The Labute approximate surface area is 115 Å². The van der Waals surface area contributed by atoms with Crippen molar-refractivity contribution in [3.8, 4) is 0 Å². The quantitative estimate of drug-likeness (QED) is 0.662. The normalized spacial score (nSPS) is 18.6. The Morgan fingerprint density at radius 2 is 2.26 bits per heavy atom. The first kappa shape index (κ1) is 11.1. The van der Waals surface area contributed by atoms with Crippen molar-refractivity contribution < 1.29 is 0 Å². The molecule has 1 aliphatic rings. The second-order valence-corrected chi connectivity index (χ2v) is 6.14. The molecular formula is C15H15N3S. The Balaban J connectivity index is 1.83. The van der Waals surface area contributed by atoms with Crippen molar-refractivity contribution in [2.45, 2.75) is 25.2 Å². The molecule has 0 saturated heterocycles. The number of hydrogen-bond donors (Lipinski definition) is 2. The molecule has 4 heteroatoms. The molecule has 1 atom stereocenters. The number of aryl methyl sites for hydroxylation is 1. The Morgan fingerprint density at radius 1 is 1.32 bits per heavy atom. The van der Waals surface area contributed by atoms with Gasteiger partial charge < -0.3 is 10.7 Å². The molecule has 3 aromatic rings. The first-order chi connectivity index (χ1) is 9.31. The number of fused-ring (bicyclic) bond motifs is 2. The van der Waals surface area contributed by atoms with Crippen LogP contribution in [0.2, 0.25) is 0 Å². The summed E-state index contributed by atoms with van der Waals surface area (Å²) in [5.41, 5.74) is 10.1. The summed E-state index contributed by atoms with van der Waals surface area (Å²) in [6, 6.07) is 8.11. The van der Waals surface area contributed by atoms with Gasteiger partial charge in [0.15, 0.2) is 0 Å². The van der Waals surface area contributed by atoms with E-state index in [9.17, 15) is 0 Å². The second-order valence-electron chi connectivity index (χ2n) is 5.14. The summed E-state index contributed by atoms with van der Waals surface area (Å²) >= 11 is 1.87. The minimum atomic E-state index is 0.420. The first-order valence-corrected chi connectivity index (χ1v) is 7.50. The van der Waals surface area contributed by atoms with Gasteiger partial charge in [0.05, 0.1) is 11.0 Å². The standard InChI is InChI=1S/C15H15N3S/c16-9-4-5-12-13(8-9)18-15(17-12)11-2-1-3-14-10(11)6-7-19-14/h4-8,11H,1-3,16H2,(H,17,18). The SMILES string of the molecule is Nc1ccc2nc(C3CCCc4sccc43)[nH]c2c1. The third kappa shape index (κ3) is 1.75. The van der Waals surface area contributed by atoms with E-state index in [1.807, 2.05) is 29.5 Å². The van der Waals surface area contributed by atoms with Crippen LogP contribution in [-0.4, -0.2) is 9.97 Å². The third-order valence-corrected chi connectivity index (χ3v) is 4.90. The number of nitrogens with one attached hydrogen (secondary N) is 1. The molecule has 1 unspecified atom stereocenters. The number of anilines is 1. The predicted octanol–water partition coefficient (Wildman–Crippen LogP) is 3.67. The number of nitrogens with zero attached hydrogens (tertiary/aromatic N) is 1. The van der Waals surface area contributed by atoms with Gasteiger partial charge >= 0.3 is 0 Å². The molecule has 0 amide bonds. The number of rotatable bonds is 1. The minimum absolute atomic E-state index is 0.420. The van der Waals surface area contributed by atoms with Crippen LogP contribution in [0.4, 0.5) is 5.69 Å². The van der Waals surface area contributed by atoms with Crippen molar-refractivity contribution in [1.29, 1.82) is 0 Å². The number of nitrogen functional groups attached to an aromatic ring is 1. The molecule has 1 aliphatic carbocycles. The largest absolute Gasteiger partial charge is 0.399 e. The Morgan fingerprint density at radius 3 is 3.21 bits per heavy atom. The maximum atomic E-state index is 5.83. The highest BCUT2D eigenvalue weighted by Gasteiger charge is 2.25. The summed E-state index contributed by atoms with van der Waals surface area (Å²) < 4.78 is 0. The molecule has 3 N–H and O–H groups in total. The maximum absolute atomic E-state index is 5.83. The molecule has 2 heterocycles. The molecule has 4 rings (SSSR count).